The van der Waals surface area contributed by atoms with E-state index >= 15 is 0 Å². The first-order valence-corrected chi connectivity index (χ1v) is 7.12. The maximum atomic E-state index is 11.6. The van der Waals surface area contributed by atoms with Crippen LogP contribution in [0.1, 0.15) is 17.0 Å². The molecule has 0 amide bonds. The molecule has 0 saturated heterocycles. The summed E-state index contributed by atoms with van der Waals surface area (Å²) in [5, 5.41) is 10.1. The van der Waals surface area contributed by atoms with Crippen LogP contribution in [0.5, 0.6) is 11.5 Å². The van der Waals surface area contributed by atoms with E-state index in [4.69, 9.17) is 21.1 Å². The van der Waals surface area contributed by atoms with Gasteiger partial charge in [-0.25, -0.2) is 0 Å². The number of hydrogen-bond acceptors (Lipinski definition) is 3. The van der Waals surface area contributed by atoms with Crippen molar-refractivity contribution in [3.8, 4) is 11.5 Å². The Morgan fingerprint density at radius 3 is 2.36 bits per heavy atom. The first-order chi connectivity index (χ1) is 10.6. The molecule has 22 heavy (non-hydrogen) atoms. The molecular weight excluding hydrogens is 304 g/mol. The van der Waals surface area contributed by atoms with Gasteiger partial charge in [0.1, 0.15) is 0 Å². The molecule has 1 unspecified atom stereocenters. The molecule has 0 aliphatic heterocycles. The third kappa shape index (κ3) is 3.52. The number of carboxylic acid groups (broad SMARTS) is 1. The van der Waals surface area contributed by atoms with Gasteiger partial charge in [-0.3, -0.25) is 4.79 Å². The lowest BCUT2D eigenvalue weighted by atomic mass is 9.91. The normalized spacial score (nSPS) is 11.8. The summed E-state index contributed by atoms with van der Waals surface area (Å²) in [7, 11) is 3.09. The summed E-state index contributed by atoms with van der Waals surface area (Å²) in [6.45, 7) is 0. The Morgan fingerprint density at radius 2 is 1.82 bits per heavy atom. The largest absolute Gasteiger partial charge is 0.493 e. The topological polar surface area (TPSA) is 55.8 Å². The van der Waals surface area contributed by atoms with Gasteiger partial charge in [-0.1, -0.05) is 35.9 Å². The molecule has 116 valence electrons. The second-order valence-electron chi connectivity index (χ2n) is 4.80. The van der Waals surface area contributed by atoms with Gasteiger partial charge in [0.25, 0.3) is 0 Å². The molecule has 0 aromatic heterocycles. The monoisotopic (exact) mass is 320 g/mol. The third-order valence-electron chi connectivity index (χ3n) is 3.48. The predicted octanol–water partition coefficient (Wildman–Crippen LogP) is 3.77. The summed E-state index contributed by atoms with van der Waals surface area (Å²) in [5.74, 6) is -0.434. The SMILES string of the molecule is COc1cccc(CC(C(=O)O)c2ccc(Cl)cc2)c1OC. The van der Waals surface area contributed by atoms with Gasteiger partial charge in [-0.05, 0) is 35.7 Å². The maximum Gasteiger partial charge on any atom is 0.311 e. The van der Waals surface area contributed by atoms with Crippen LogP contribution < -0.4 is 9.47 Å². The van der Waals surface area contributed by atoms with Crippen LogP contribution in [0, 0.1) is 0 Å². The van der Waals surface area contributed by atoms with Gasteiger partial charge >= 0.3 is 5.97 Å². The van der Waals surface area contributed by atoms with Crippen molar-refractivity contribution in [1.29, 1.82) is 0 Å². The molecule has 0 fully saturated rings. The molecule has 2 aromatic carbocycles. The summed E-state index contributed by atoms with van der Waals surface area (Å²) < 4.78 is 10.6. The summed E-state index contributed by atoms with van der Waals surface area (Å²) in [5.41, 5.74) is 1.48. The number of hydrogen-bond donors (Lipinski definition) is 1. The molecule has 4 nitrogen and oxygen atoms in total. The number of carboxylic acids is 1. The van der Waals surface area contributed by atoms with Crippen molar-refractivity contribution < 1.29 is 19.4 Å². The number of methoxy groups -OCH3 is 2. The Bertz CT molecular complexity index is 652. The Balaban J connectivity index is 2.37. The lowest BCUT2D eigenvalue weighted by Gasteiger charge is -2.17. The van der Waals surface area contributed by atoms with Crippen molar-refractivity contribution in [2.75, 3.05) is 14.2 Å². The summed E-state index contributed by atoms with van der Waals surface area (Å²) >= 11 is 5.86. The molecule has 0 bridgehead atoms. The molecule has 0 saturated carbocycles. The number of para-hydroxylation sites is 1. The zero-order valence-corrected chi connectivity index (χ0v) is 13.1. The Labute approximate surface area is 134 Å². The third-order valence-corrected chi connectivity index (χ3v) is 3.73. The second-order valence-corrected chi connectivity index (χ2v) is 5.24. The minimum Gasteiger partial charge on any atom is -0.493 e. The van der Waals surface area contributed by atoms with Gasteiger partial charge < -0.3 is 14.6 Å². The standard InChI is InChI=1S/C17H17ClO4/c1-21-15-5-3-4-12(16(15)22-2)10-14(17(19)20)11-6-8-13(18)9-7-11/h3-9,14H,10H2,1-2H3,(H,19,20). The van der Waals surface area contributed by atoms with E-state index in [0.29, 0.717) is 28.5 Å². The highest BCUT2D eigenvalue weighted by Gasteiger charge is 2.23. The summed E-state index contributed by atoms with van der Waals surface area (Å²) in [4.78, 5) is 11.6. The van der Waals surface area contributed by atoms with E-state index in [1.54, 1.807) is 44.6 Å². The molecule has 0 heterocycles. The number of carbonyl (C=O) groups is 1. The molecule has 1 N–H and O–H groups in total. The van der Waals surface area contributed by atoms with Crippen LogP contribution in [0.3, 0.4) is 0 Å². The average molecular weight is 321 g/mol. The van der Waals surface area contributed by atoms with E-state index < -0.39 is 11.9 Å². The van der Waals surface area contributed by atoms with Crippen LogP contribution in [-0.2, 0) is 11.2 Å². The van der Waals surface area contributed by atoms with Gasteiger partial charge in [0.2, 0.25) is 0 Å². The Kier molecular flexibility index (Phi) is 5.28. The highest BCUT2D eigenvalue weighted by molar-refractivity contribution is 6.30. The smallest absolute Gasteiger partial charge is 0.311 e. The van der Waals surface area contributed by atoms with E-state index in [1.165, 1.54) is 0 Å². The van der Waals surface area contributed by atoms with Crippen LogP contribution in [0.15, 0.2) is 42.5 Å². The zero-order chi connectivity index (χ0) is 16.1. The van der Waals surface area contributed by atoms with Crippen molar-refractivity contribution in [2.45, 2.75) is 12.3 Å². The molecule has 2 aromatic rings. The lowest BCUT2D eigenvalue weighted by molar-refractivity contribution is -0.138. The van der Waals surface area contributed by atoms with Crippen LogP contribution >= 0.6 is 11.6 Å². The van der Waals surface area contributed by atoms with Crippen LogP contribution in [0.4, 0.5) is 0 Å². The van der Waals surface area contributed by atoms with Crippen LogP contribution in [0.2, 0.25) is 5.02 Å². The van der Waals surface area contributed by atoms with Gasteiger partial charge in [0.15, 0.2) is 11.5 Å². The molecular formula is C17H17ClO4. The van der Waals surface area contributed by atoms with Crippen molar-refractivity contribution in [3.05, 3.63) is 58.6 Å². The van der Waals surface area contributed by atoms with Crippen LogP contribution in [-0.4, -0.2) is 25.3 Å². The van der Waals surface area contributed by atoms with Crippen molar-refractivity contribution >= 4 is 17.6 Å². The number of benzene rings is 2. The Hall–Kier alpha value is -2.20. The van der Waals surface area contributed by atoms with E-state index in [0.717, 1.165) is 5.56 Å². The van der Waals surface area contributed by atoms with Gasteiger partial charge in [0, 0.05) is 5.02 Å². The molecule has 5 heteroatoms. The van der Waals surface area contributed by atoms with E-state index in [-0.39, 0.29) is 0 Å². The summed E-state index contributed by atoms with van der Waals surface area (Å²) in [6, 6.07) is 12.3. The highest BCUT2D eigenvalue weighted by atomic mass is 35.5. The summed E-state index contributed by atoms with van der Waals surface area (Å²) in [6.07, 6.45) is 0.303. The molecule has 0 radical (unpaired) electrons. The van der Waals surface area contributed by atoms with E-state index in [2.05, 4.69) is 0 Å². The molecule has 2 rings (SSSR count). The van der Waals surface area contributed by atoms with Gasteiger partial charge in [0.05, 0.1) is 20.1 Å². The maximum absolute atomic E-state index is 11.6. The molecule has 0 aliphatic rings. The molecule has 1 atom stereocenters. The fraction of sp³-hybridized carbons (Fsp3) is 0.235. The first kappa shape index (κ1) is 16.2. The molecule has 0 spiro atoms. The number of halogens is 1. The quantitative estimate of drug-likeness (QED) is 0.880. The van der Waals surface area contributed by atoms with Gasteiger partial charge in [-0.15, -0.1) is 0 Å². The van der Waals surface area contributed by atoms with Crippen LogP contribution in [0.25, 0.3) is 0 Å². The van der Waals surface area contributed by atoms with Crippen molar-refractivity contribution in [1.82, 2.24) is 0 Å². The fourth-order valence-corrected chi connectivity index (χ4v) is 2.50. The Morgan fingerprint density at radius 1 is 1.14 bits per heavy atom. The fourth-order valence-electron chi connectivity index (χ4n) is 2.38. The average Bonchev–Trinajstić information content (AvgIpc) is 2.52. The highest BCUT2D eigenvalue weighted by Crippen LogP contribution is 2.34. The lowest BCUT2D eigenvalue weighted by Crippen LogP contribution is -2.15. The zero-order valence-electron chi connectivity index (χ0n) is 12.4. The van der Waals surface area contributed by atoms with E-state index in [9.17, 15) is 9.90 Å². The number of rotatable bonds is 6. The minimum atomic E-state index is -0.896. The predicted molar refractivity (Wildman–Crippen MR) is 85.1 cm³/mol. The number of ether oxygens (including phenoxy) is 2. The second kappa shape index (κ2) is 7.18. The van der Waals surface area contributed by atoms with Crippen molar-refractivity contribution in [2.24, 2.45) is 0 Å². The van der Waals surface area contributed by atoms with E-state index in [1.807, 2.05) is 12.1 Å². The first-order valence-electron chi connectivity index (χ1n) is 6.75. The molecule has 0 aliphatic carbocycles. The number of aliphatic carboxylic acids is 1. The van der Waals surface area contributed by atoms with Crippen molar-refractivity contribution in [3.63, 3.8) is 0 Å². The minimum absolute atomic E-state index is 0.303. The van der Waals surface area contributed by atoms with Gasteiger partial charge in [-0.2, -0.15) is 0 Å².